The molecule has 1 atom stereocenters. The Morgan fingerprint density at radius 1 is 1.43 bits per heavy atom. The zero-order valence-electron chi connectivity index (χ0n) is 8.28. The highest BCUT2D eigenvalue weighted by Gasteiger charge is 2.13. The van der Waals surface area contributed by atoms with Gasteiger partial charge in [-0.05, 0) is 42.8 Å². The van der Waals surface area contributed by atoms with E-state index < -0.39 is 0 Å². The first-order chi connectivity index (χ1) is 6.95. The van der Waals surface area contributed by atoms with Crippen molar-refractivity contribution in [3.8, 4) is 0 Å². The third-order valence-corrected chi connectivity index (χ3v) is 3.82. The van der Waals surface area contributed by atoms with Gasteiger partial charge in [0.25, 0.3) is 0 Å². The molecular formula is C11H16N2S. The summed E-state index contributed by atoms with van der Waals surface area (Å²) in [5.41, 5.74) is 1.40. The lowest BCUT2D eigenvalue weighted by Crippen LogP contribution is -2.10. The number of hydrogen-bond donors (Lipinski definition) is 1. The molecule has 0 aliphatic carbocycles. The van der Waals surface area contributed by atoms with Crippen LogP contribution in [0.2, 0.25) is 0 Å². The Morgan fingerprint density at radius 3 is 3.00 bits per heavy atom. The second-order valence-electron chi connectivity index (χ2n) is 3.59. The minimum atomic E-state index is 0.844. The van der Waals surface area contributed by atoms with E-state index in [0.29, 0.717) is 0 Å². The van der Waals surface area contributed by atoms with Crippen molar-refractivity contribution in [3.05, 3.63) is 30.1 Å². The number of aryl methyl sites for hydroxylation is 1. The van der Waals surface area contributed by atoms with Gasteiger partial charge in [0.15, 0.2) is 0 Å². The summed E-state index contributed by atoms with van der Waals surface area (Å²) in [6.45, 7) is 2.40. The van der Waals surface area contributed by atoms with Crippen LogP contribution in [-0.4, -0.2) is 29.1 Å². The van der Waals surface area contributed by atoms with Crippen LogP contribution in [0.1, 0.15) is 12.0 Å². The van der Waals surface area contributed by atoms with E-state index in [4.69, 9.17) is 0 Å². The normalized spacial score (nSPS) is 21.3. The summed E-state index contributed by atoms with van der Waals surface area (Å²) in [4.78, 5) is 4.01. The van der Waals surface area contributed by atoms with Crippen molar-refractivity contribution in [3.63, 3.8) is 0 Å². The molecule has 0 aromatic carbocycles. The average Bonchev–Trinajstić information content (AvgIpc) is 2.72. The van der Waals surface area contributed by atoms with Gasteiger partial charge in [0, 0.05) is 24.2 Å². The molecule has 2 rings (SSSR count). The van der Waals surface area contributed by atoms with Crippen molar-refractivity contribution < 1.29 is 0 Å². The molecule has 1 unspecified atom stereocenters. The SMILES string of the molecule is c1cc(CCSC2CCNC2)ccn1. The second kappa shape index (κ2) is 5.37. The van der Waals surface area contributed by atoms with E-state index in [-0.39, 0.29) is 0 Å². The summed E-state index contributed by atoms with van der Waals surface area (Å²) < 4.78 is 0. The lowest BCUT2D eigenvalue weighted by molar-refractivity contribution is 0.858. The van der Waals surface area contributed by atoms with E-state index in [0.717, 1.165) is 5.25 Å². The average molecular weight is 208 g/mol. The molecule has 76 valence electrons. The van der Waals surface area contributed by atoms with Crippen molar-refractivity contribution in [2.75, 3.05) is 18.8 Å². The van der Waals surface area contributed by atoms with Crippen LogP contribution < -0.4 is 5.32 Å². The van der Waals surface area contributed by atoms with Gasteiger partial charge < -0.3 is 5.32 Å². The van der Waals surface area contributed by atoms with E-state index >= 15 is 0 Å². The molecule has 1 saturated heterocycles. The maximum absolute atomic E-state index is 4.01. The molecule has 14 heavy (non-hydrogen) atoms. The predicted molar refractivity (Wildman–Crippen MR) is 61.7 cm³/mol. The van der Waals surface area contributed by atoms with Gasteiger partial charge >= 0.3 is 0 Å². The molecule has 2 heterocycles. The summed E-state index contributed by atoms with van der Waals surface area (Å²) in [5, 5.41) is 4.23. The molecular weight excluding hydrogens is 192 g/mol. The highest BCUT2D eigenvalue weighted by Crippen LogP contribution is 2.18. The lowest BCUT2D eigenvalue weighted by atomic mass is 10.2. The van der Waals surface area contributed by atoms with Crippen molar-refractivity contribution in [2.45, 2.75) is 18.1 Å². The molecule has 1 fully saturated rings. The van der Waals surface area contributed by atoms with Crippen molar-refractivity contribution in [1.29, 1.82) is 0 Å². The molecule has 3 heteroatoms. The van der Waals surface area contributed by atoms with Crippen LogP contribution in [0.25, 0.3) is 0 Å². The topological polar surface area (TPSA) is 24.9 Å². The summed E-state index contributed by atoms with van der Waals surface area (Å²) >= 11 is 2.10. The highest BCUT2D eigenvalue weighted by molar-refractivity contribution is 7.99. The van der Waals surface area contributed by atoms with Crippen LogP contribution in [0, 0.1) is 0 Å². The standard InChI is InChI=1S/C11H16N2S/c1-5-12-6-2-10(1)4-8-14-11-3-7-13-9-11/h1-2,5-6,11,13H,3-4,7-9H2. The monoisotopic (exact) mass is 208 g/mol. The Balaban J connectivity index is 1.67. The number of aromatic nitrogens is 1. The van der Waals surface area contributed by atoms with Crippen molar-refractivity contribution >= 4 is 11.8 Å². The summed E-state index contributed by atoms with van der Waals surface area (Å²) in [7, 11) is 0. The van der Waals surface area contributed by atoms with E-state index in [2.05, 4.69) is 34.2 Å². The van der Waals surface area contributed by atoms with E-state index in [9.17, 15) is 0 Å². The van der Waals surface area contributed by atoms with Crippen LogP contribution in [-0.2, 0) is 6.42 Å². The van der Waals surface area contributed by atoms with E-state index in [1.54, 1.807) is 0 Å². The molecule has 1 aliphatic heterocycles. The molecule has 2 nitrogen and oxygen atoms in total. The maximum atomic E-state index is 4.01. The van der Waals surface area contributed by atoms with Crippen LogP contribution in [0.5, 0.6) is 0 Å². The molecule has 1 aliphatic rings. The Kier molecular flexibility index (Phi) is 3.83. The Bertz CT molecular complexity index is 257. The van der Waals surface area contributed by atoms with E-state index in [1.165, 1.54) is 37.2 Å². The molecule has 1 aromatic heterocycles. The minimum Gasteiger partial charge on any atom is -0.316 e. The Hall–Kier alpha value is -0.540. The van der Waals surface area contributed by atoms with Gasteiger partial charge in [-0.1, -0.05) is 0 Å². The summed E-state index contributed by atoms with van der Waals surface area (Å²) in [5.74, 6) is 1.23. The summed E-state index contributed by atoms with van der Waals surface area (Å²) in [6.07, 6.45) is 6.25. The molecule has 0 spiro atoms. The van der Waals surface area contributed by atoms with Gasteiger partial charge in [0.2, 0.25) is 0 Å². The first kappa shape index (κ1) is 9.99. The Morgan fingerprint density at radius 2 is 2.29 bits per heavy atom. The van der Waals surface area contributed by atoms with Gasteiger partial charge in [0.05, 0.1) is 0 Å². The molecule has 0 radical (unpaired) electrons. The largest absolute Gasteiger partial charge is 0.316 e. The first-order valence-electron chi connectivity index (χ1n) is 5.16. The van der Waals surface area contributed by atoms with Crippen molar-refractivity contribution in [2.24, 2.45) is 0 Å². The molecule has 1 aromatic rings. The molecule has 0 amide bonds. The van der Waals surface area contributed by atoms with E-state index in [1.807, 2.05) is 12.4 Å². The smallest absolute Gasteiger partial charge is 0.0270 e. The molecule has 0 saturated carbocycles. The maximum Gasteiger partial charge on any atom is 0.0270 e. The number of nitrogens with zero attached hydrogens (tertiary/aromatic N) is 1. The third kappa shape index (κ3) is 3.00. The number of nitrogens with one attached hydrogen (secondary N) is 1. The van der Waals surface area contributed by atoms with Crippen LogP contribution in [0.15, 0.2) is 24.5 Å². The van der Waals surface area contributed by atoms with Crippen molar-refractivity contribution in [1.82, 2.24) is 10.3 Å². The highest BCUT2D eigenvalue weighted by atomic mass is 32.2. The van der Waals surface area contributed by atoms with Gasteiger partial charge in [-0.2, -0.15) is 11.8 Å². The quantitative estimate of drug-likeness (QED) is 0.815. The van der Waals surface area contributed by atoms with Crippen LogP contribution in [0.3, 0.4) is 0 Å². The second-order valence-corrected chi connectivity index (χ2v) is 5.00. The lowest BCUT2D eigenvalue weighted by Gasteiger charge is -2.07. The Labute approximate surface area is 89.5 Å². The summed E-state index contributed by atoms with van der Waals surface area (Å²) in [6, 6.07) is 4.21. The number of hydrogen-bond acceptors (Lipinski definition) is 3. The fraction of sp³-hybridized carbons (Fsp3) is 0.545. The number of rotatable bonds is 4. The minimum absolute atomic E-state index is 0.844. The van der Waals surface area contributed by atoms with Gasteiger partial charge in [-0.25, -0.2) is 0 Å². The van der Waals surface area contributed by atoms with Gasteiger partial charge in [0.1, 0.15) is 0 Å². The molecule has 0 bridgehead atoms. The molecule has 1 N–H and O–H groups in total. The first-order valence-corrected chi connectivity index (χ1v) is 6.21. The number of pyridine rings is 1. The predicted octanol–water partition coefficient (Wildman–Crippen LogP) is 1.72. The fourth-order valence-corrected chi connectivity index (χ4v) is 2.87. The number of thioether (sulfide) groups is 1. The van der Waals surface area contributed by atoms with Crippen LogP contribution >= 0.6 is 11.8 Å². The zero-order chi connectivity index (χ0) is 9.64. The fourth-order valence-electron chi connectivity index (χ4n) is 1.66. The third-order valence-electron chi connectivity index (χ3n) is 2.51. The van der Waals surface area contributed by atoms with Gasteiger partial charge in [-0.15, -0.1) is 0 Å². The zero-order valence-corrected chi connectivity index (χ0v) is 9.09. The van der Waals surface area contributed by atoms with Gasteiger partial charge in [-0.3, -0.25) is 4.98 Å². The van der Waals surface area contributed by atoms with Crippen LogP contribution in [0.4, 0.5) is 0 Å².